The maximum atomic E-state index is 12.7. The lowest BCUT2D eigenvalue weighted by molar-refractivity contribution is -0.137. The van der Waals surface area contributed by atoms with Gasteiger partial charge < -0.3 is 11.1 Å². The Morgan fingerprint density at radius 1 is 1.11 bits per heavy atom. The van der Waals surface area contributed by atoms with Crippen molar-refractivity contribution < 1.29 is 13.2 Å². The lowest BCUT2D eigenvalue weighted by Crippen LogP contribution is -2.32. The van der Waals surface area contributed by atoms with E-state index in [1.165, 1.54) is 6.07 Å². The number of nitrogens with two attached hydrogens (primary N) is 1. The molecular formula is C13H16ClF3N2. The first-order valence-electron chi connectivity index (χ1n) is 6.24. The van der Waals surface area contributed by atoms with Crippen molar-refractivity contribution in [3.05, 3.63) is 28.8 Å². The topological polar surface area (TPSA) is 38.0 Å². The summed E-state index contributed by atoms with van der Waals surface area (Å²) in [6.45, 7) is 0. The molecule has 0 spiro atoms. The Labute approximate surface area is 115 Å². The summed E-state index contributed by atoms with van der Waals surface area (Å²) in [6, 6.07) is 3.93. The monoisotopic (exact) mass is 292 g/mol. The minimum absolute atomic E-state index is 0.0878. The van der Waals surface area contributed by atoms with Gasteiger partial charge >= 0.3 is 6.18 Å². The first-order valence-corrected chi connectivity index (χ1v) is 6.62. The van der Waals surface area contributed by atoms with Crippen molar-refractivity contribution in [2.24, 2.45) is 5.73 Å². The highest BCUT2D eigenvalue weighted by atomic mass is 35.5. The fraction of sp³-hybridized carbons (Fsp3) is 0.538. The third kappa shape index (κ3) is 4.01. The highest BCUT2D eigenvalue weighted by Crippen LogP contribution is 2.34. The molecule has 1 fully saturated rings. The molecule has 1 saturated carbocycles. The van der Waals surface area contributed by atoms with Gasteiger partial charge in [-0.1, -0.05) is 11.6 Å². The third-order valence-corrected chi connectivity index (χ3v) is 3.59. The third-order valence-electron chi connectivity index (χ3n) is 3.37. The van der Waals surface area contributed by atoms with Crippen LogP contribution >= 0.6 is 11.6 Å². The number of nitrogens with one attached hydrogen (secondary N) is 1. The average Bonchev–Trinajstić information content (AvgIpc) is 2.30. The summed E-state index contributed by atoms with van der Waals surface area (Å²) in [6.07, 6.45) is -0.852. The summed E-state index contributed by atoms with van der Waals surface area (Å²) < 4.78 is 38.0. The van der Waals surface area contributed by atoms with Crippen LogP contribution in [0.15, 0.2) is 18.2 Å². The number of benzene rings is 1. The Morgan fingerprint density at radius 3 is 2.32 bits per heavy atom. The summed E-state index contributed by atoms with van der Waals surface area (Å²) in [5, 5.41) is 3.20. The van der Waals surface area contributed by atoms with Gasteiger partial charge in [-0.2, -0.15) is 13.2 Å². The molecule has 1 aromatic carbocycles. The van der Waals surface area contributed by atoms with E-state index in [1.54, 1.807) is 0 Å². The second kappa shape index (κ2) is 5.59. The number of rotatable bonds is 2. The fourth-order valence-electron chi connectivity index (χ4n) is 2.34. The number of halogens is 4. The molecule has 2 nitrogen and oxygen atoms in total. The van der Waals surface area contributed by atoms with Crippen LogP contribution in [0.2, 0.25) is 5.02 Å². The summed E-state index contributed by atoms with van der Waals surface area (Å²) in [5.41, 5.74) is 5.49. The molecule has 1 aromatic rings. The number of anilines is 1. The number of alkyl halides is 3. The fourth-order valence-corrected chi connectivity index (χ4v) is 2.57. The quantitative estimate of drug-likeness (QED) is 0.863. The first-order chi connectivity index (χ1) is 8.84. The van der Waals surface area contributed by atoms with E-state index in [0.717, 1.165) is 37.8 Å². The van der Waals surface area contributed by atoms with E-state index >= 15 is 0 Å². The van der Waals surface area contributed by atoms with Crippen LogP contribution in [0.25, 0.3) is 0 Å². The van der Waals surface area contributed by atoms with Crippen molar-refractivity contribution >= 4 is 17.3 Å². The van der Waals surface area contributed by atoms with Gasteiger partial charge in [0.05, 0.1) is 5.56 Å². The largest absolute Gasteiger partial charge is 0.416 e. The van der Waals surface area contributed by atoms with Crippen LogP contribution in [0.3, 0.4) is 0 Å². The van der Waals surface area contributed by atoms with E-state index in [9.17, 15) is 13.2 Å². The molecule has 0 unspecified atom stereocenters. The van der Waals surface area contributed by atoms with E-state index in [1.807, 2.05) is 0 Å². The highest BCUT2D eigenvalue weighted by Gasteiger charge is 2.31. The van der Waals surface area contributed by atoms with Gasteiger partial charge in [-0.3, -0.25) is 0 Å². The predicted octanol–water partition coefficient (Wildman–Crippen LogP) is 4.04. The van der Waals surface area contributed by atoms with Gasteiger partial charge in [0.15, 0.2) is 0 Å². The van der Waals surface area contributed by atoms with Gasteiger partial charge in [0.25, 0.3) is 0 Å². The lowest BCUT2D eigenvalue weighted by Gasteiger charge is -2.28. The van der Waals surface area contributed by atoms with Crippen LogP contribution in [0, 0.1) is 0 Å². The van der Waals surface area contributed by atoms with Gasteiger partial charge in [0.2, 0.25) is 0 Å². The zero-order valence-corrected chi connectivity index (χ0v) is 11.1. The standard InChI is InChI=1S/C13H16ClF3N2/c14-9-5-8(13(15,16)17)6-12(7-9)19-11-3-1-10(18)2-4-11/h5-7,10-11,19H,1-4,18H2. The van der Waals surface area contributed by atoms with Crippen LogP contribution in [0.5, 0.6) is 0 Å². The van der Waals surface area contributed by atoms with Crippen LogP contribution < -0.4 is 11.1 Å². The Bertz CT molecular complexity index is 440. The van der Waals surface area contributed by atoms with Crippen molar-refractivity contribution in [2.75, 3.05) is 5.32 Å². The SMILES string of the molecule is NC1CCC(Nc2cc(Cl)cc(C(F)(F)F)c2)CC1. The molecule has 0 saturated heterocycles. The molecule has 0 aromatic heterocycles. The summed E-state index contributed by atoms with van der Waals surface area (Å²) >= 11 is 5.74. The Morgan fingerprint density at radius 2 is 1.74 bits per heavy atom. The lowest BCUT2D eigenvalue weighted by atomic mass is 9.91. The molecule has 0 radical (unpaired) electrons. The van der Waals surface area contributed by atoms with Crippen molar-refractivity contribution in [2.45, 2.75) is 43.9 Å². The van der Waals surface area contributed by atoms with Gasteiger partial charge in [-0.25, -0.2) is 0 Å². The van der Waals surface area contributed by atoms with Gasteiger partial charge in [-0.15, -0.1) is 0 Å². The smallest absolute Gasteiger partial charge is 0.382 e. The van der Waals surface area contributed by atoms with Crippen LogP contribution in [-0.2, 0) is 6.18 Å². The molecule has 1 aliphatic carbocycles. The summed E-state index contributed by atoms with van der Waals surface area (Å²) in [5.74, 6) is 0. The average molecular weight is 293 g/mol. The molecular weight excluding hydrogens is 277 g/mol. The molecule has 0 heterocycles. The molecule has 2 rings (SSSR count). The van der Waals surface area contributed by atoms with E-state index in [2.05, 4.69) is 5.32 Å². The van der Waals surface area contributed by atoms with Crippen molar-refractivity contribution in [3.8, 4) is 0 Å². The van der Waals surface area contributed by atoms with E-state index in [4.69, 9.17) is 17.3 Å². The van der Waals surface area contributed by atoms with Crippen molar-refractivity contribution in [3.63, 3.8) is 0 Å². The Balaban J connectivity index is 2.10. The Kier molecular flexibility index (Phi) is 4.26. The predicted molar refractivity (Wildman–Crippen MR) is 70.3 cm³/mol. The second-order valence-corrected chi connectivity index (χ2v) is 5.42. The molecule has 0 atom stereocenters. The van der Waals surface area contributed by atoms with Crippen LogP contribution in [0.4, 0.5) is 18.9 Å². The summed E-state index contributed by atoms with van der Waals surface area (Å²) in [7, 11) is 0. The van der Waals surface area contributed by atoms with E-state index < -0.39 is 11.7 Å². The van der Waals surface area contributed by atoms with Gasteiger partial charge in [-0.05, 0) is 43.9 Å². The number of hydrogen-bond acceptors (Lipinski definition) is 2. The molecule has 0 amide bonds. The van der Waals surface area contributed by atoms with E-state index in [0.29, 0.717) is 5.69 Å². The maximum absolute atomic E-state index is 12.7. The minimum Gasteiger partial charge on any atom is -0.382 e. The van der Waals surface area contributed by atoms with E-state index in [-0.39, 0.29) is 17.1 Å². The van der Waals surface area contributed by atoms with Crippen molar-refractivity contribution in [1.82, 2.24) is 0 Å². The first kappa shape index (κ1) is 14.5. The van der Waals surface area contributed by atoms with Crippen LogP contribution in [0.1, 0.15) is 31.2 Å². The van der Waals surface area contributed by atoms with Crippen LogP contribution in [-0.4, -0.2) is 12.1 Å². The summed E-state index contributed by atoms with van der Waals surface area (Å²) in [4.78, 5) is 0. The molecule has 0 bridgehead atoms. The molecule has 0 aliphatic heterocycles. The molecule has 3 N–H and O–H groups in total. The number of hydrogen-bond donors (Lipinski definition) is 2. The molecule has 6 heteroatoms. The zero-order chi connectivity index (χ0) is 14.0. The molecule has 1 aliphatic rings. The van der Waals surface area contributed by atoms with Gasteiger partial charge in [0.1, 0.15) is 0 Å². The zero-order valence-electron chi connectivity index (χ0n) is 10.3. The van der Waals surface area contributed by atoms with Crippen molar-refractivity contribution in [1.29, 1.82) is 0 Å². The second-order valence-electron chi connectivity index (χ2n) is 4.98. The maximum Gasteiger partial charge on any atom is 0.416 e. The molecule has 106 valence electrons. The minimum atomic E-state index is -4.38. The Hall–Kier alpha value is -0.940. The highest BCUT2D eigenvalue weighted by molar-refractivity contribution is 6.30. The normalized spacial score (nSPS) is 24.3. The van der Waals surface area contributed by atoms with Gasteiger partial charge in [0, 0.05) is 22.8 Å². The molecule has 19 heavy (non-hydrogen) atoms.